The molecule has 2 N–H and O–H groups in total. The first kappa shape index (κ1) is 20.1. The highest BCUT2D eigenvalue weighted by molar-refractivity contribution is 7.09. The number of pyridine rings is 1. The normalized spacial score (nSPS) is 20.2. The molecular weight excluding hydrogens is 379 g/mol. The Kier molecular flexibility index (Phi) is 6.79. The zero-order valence-electron chi connectivity index (χ0n) is 13.7. The summed E-state index contributed by atoms with van der Waals surface area (Å²) in [6.07, 6.45) is 6.85. The molecule has 1 saturated heterocycles. The van der Waals surface area contributed by atoms with E-state index in [9.17, 15) is 4.79 Å². The van der Waals surface area contributed by atoms with E-state index in [1.807, 2.05) is 17.5 Å². The molecule has 1 amide bonds. The quantitative estimate of drug-likeness (QED) is 0.827. The van der Waals surface area contributed by atoms with Gasteiger partial charge < -0.3 is 10.6 Å². The first-order valence-corrected chi connectivity index (χ1v) is 8.98. The van der Waals surface area contributed by atoms with Gasteiger partial charge in [-0.25, -0.2) is 4.98 Å². The fraction of sp³-hybridized carbons (Fsp3) is 0.471. The van der Waals surface area contributed by atoms with Crippen LogP contribution in [0, 0.1) is 11.3 Å². The van der Waals surface area contributed by atoms with E-state index in [2.05, 4.69) is 20.6 Å². The number of hydrogen-bond donors (Lipinski definition) is 2. The van der Waals surface area contributed by atoms with Crippen molar-refractivity contribution in [2.45, 2.75) is 25.8 Å². The monoisotopic (exact) mass is 400 g/mol. The molecule has 0 radical (unpaired) electrons. The summed E-state index contributed by atoms with van der Waals surface area (Å²) in [6, 6.07) is 3.89. The van der Waals surface area contributed by atoms with Gasteiger partial charge in [-0.05, 0) is 49.9 Å². The second-order valence-electron chi connectivity index (χ2n) is 6.45. The van der Waals surface area contributed by atoms with E-state index in [0.29, 0.717) is 12.0 Å². The second kappa shape index (κ2) is 8.45. The molecule has 1 saturated carbocycles. The van der Waals surface area contributed by atoms with Crippen molar-refractivity contribution in [1.82, 2.24) is 20.6 Å². The van der Waals surface area contributed by atoms with Crippen molar-refractivity contribution in [2.24, 2.45) is 11.3 Å². The number of thiazole rings is 1. The molecule has 2 aliphatic rings. The summed E-state index contributed by atoms with van der Waals surface area (Å²) in [4.78, 5) is 21.0. The summed E-state index contributed by atoms with van der Waals surface area (Å²) >= 11 is 1.59. The molecule has 4 rings (SSSR count). The van der Waals surface area contributed by atoms with E-state index in [1.54, 1.807) is 23.7 Å². The minimum atomic E-state index is 0. The van der Waals surface area contributed by atoms with Crippen LogP contribution < -0.4 is 10.6 Å². The van der Waals surface area contributed by atoms with E-state index in [4.69, 9.17) is 0 Å². The minimum Gasteiger partial charge on any atom is -0.349 e. The number of halogens is 2. The molecule has 2 fully saturated rings. The average molecular weight is 401 g/mol. The van der Waals surface area contributed by atoms with Crippen molar-refractivity contribution in [3.63, 3.8) is 0 Å². The van der Waals surface area contributed by atoms with Crippen LogP contribution in [0.1, 0.15) is 24.3 Å². The molecule has 1 unspecified atom stereocenters. The van der Waals surface area contributed by atoms with Crippen LogP contribution in [-0.2, 0) is 11.3 Å². The zero-order chi connectivity index (χ0) is 15.7. The maximum Gasteiger partial charge on any atom is 0.224 e. The number of amides is 1. The van der Waals surface area contributed by atoms with Crippen molar-refractivity contribution < 1.29 is 4.79 Å². The van der Waals surface area contributed by atoms with Crippen molar-refractivity contribution in [1.29, 1.82) is 0 Å². The van der Waals surface area contributed by atoms with Gasteiger partial charge in [0.15, 0.2) is 0 Å². The summed E-state index contributed by atoms with van der Waals surface area (Å²) in [6.45, 7) is 2.62. The standard InChI is InChI=1S/C17H20N4OS.2ClH/c22-16(13-9-17(13)3-7-19-8-4-17)20-10-15-21-14(11-23-15)12-1-5-18-6-2-12;;/h1-2,5-6,11,13,19H,3-4,7-10H2,(H,20,22);2*1H. The Labute approximate surface area is 163 Å². The second-order valence-corrected chi connectivity index (χ2v) is 7.39. The SMILES string of the molecule is Cl.Cl.O=C(NCc1nc(-c2ccncc2)cs1)C1CC12CCNCC2. The van der Waals surface area contributed by atoms with Gasteiger partial charge in [-0.15, -0.1) is 36.2 Å². The van der Waals surface area contributed by atoms with E-state index < -0.39 is 0 Å². The van der Waals surface area contributed by atoms with Crippen LogP contribution in [-0.4, -0.2) is 29.0 Å². The fourth-order valence-corrected chi connectivity index (χ4v) is 4.27. The average Bonchev–Trinajstić information content (AvgIpc) is 3.08. The maximum atomic E-state index is 12.4. The third-order valence-electron chi connectivity index (χ3n) is 5.05. The summed E-state index contributed by atoms with van der Waals surface area (Å²) in [5, 5.41) is 9.42. The van der Waals surface area contributed by atoms with E-state index in [-0.39, 0.29) is 36.6 Å². The van der Waals surface area contributed by atoms with Crippen LogP contribution in [0.2, 0.25) is 0 Å². The van der Waals surface area contributed by atoms with Gasteiger partial charge >= 0.3 is 0 Å². The number of piperidine rings is 1. The number of carbonyl (C=O) groups is 1. The molecule has 0 bridgehead atoms. The number of carbonyl (C=O) groups excluding carboxylic acids is 1. The Balaban J connectivity index is 0.00000113. The van der Waals surface area contributed by atoms with Crippen molar-refractivity contribution in [2.75, 3.05) is 13.1 Å². The molecule has 25 heavy (non-hydrogen) atoms. The molecule has 8 heteroatoms. The van der Waals surface area contributed by atoms with Crippen LogP contribution in [0.5, 0.6) is 0 Å². The molecule has 1 aliphatic heterocycles. The molecule has 2 aromatic rings. The van der Waals surface area contributed by atoms with Gasteiger partial charge in [-0.3, -0.25) is 9.78 Å². The van der Waals surface area contributed by atoms with Gasteiger partial charge in [-0.1, -0.05) is 0 Å². The lowest BCUT2D eigenvalue weighted by Gasteiger charge is -2.23. The van der Waals surface area contributed by atoms with Crippen LogP contribution in [0.15, 0.2) is 29.9 Å². The number of nitrogens with zero attached hydrogens (tertiary/aromatic N) is 2. The third-order valence-corrected chi connectivity index (χ3v) is 5.90. The molecule has 5 nitrogen and oxygen atoms in total. The van der Waals surface area contributed by atoms with Gasteiger partial charge in [-0.2, -0.15) is 0 Å². The molecule has 1 aliphatic carbocycles. The molecule has 1 atom stereocenters. The fourth-order valence-electron chi connectivity index (χ4n) is 3.53. The number of rotatable bonds is 4. The first-order valence-electron chi connectivity index (χ1n) is 8.10. The predicted octanol–water partition coefficient (Wildman–Crippen LogP) is 3.05. The van der Waals surface area contributed by atoms with Crippen molar-refractivity contribution in [3.8, 4) is 11.3 Å². The Morgan fingerprint density at radius 3 is 2.72 bits per heavy atom. The van der Waals surface area contributed by atoms with Crippen LogP contribution in [0.4, 0.5) is 0 Å². The van der Waals surface area contributed by atoms with Gasteiger partial charge in [0.2, 0.25) is 5.91 Å². The highest BCUT2D eigenvalue weighted by Crippen LogP contribution is 2.58. The van der Waals surface area contributed by atoms with Crippen LogP contribution in [0.25, 0.3) is 11.3 Å². The van der Waals surface area contributed by atoms with Gasteiger partial charge in [0.05, 0.1) is 12.2 Å². The summed E-state index contributed by atoms with van der Waals surface area (Å²) in [5.41, 5.74) is 2.30. The van der Waals surface area contributed by atoms with Crippen molar-refractivity contribution >= 4 is 42.1 Å². The van der Waals surface area contributed by atoms with Gasteiger partial charge in [0, 0.05) is 29.3 Å². The molecule has 3 heterocycles. The van der Waals surface area contributed by atoms with Crippen LogP contribution in [0.3, 0.4) is 0 Å². The Hall–Kier alpha value is -1.21. The summed E-state index contributed by atoms with van der Waals surface area (Å²) < 4.78 is 0. The highest BCUT2D eigenvalue weighted by Gasteiger charge is 2.57. The third kappa shape index (κ3) is 4.31. The van der Waals surface area contributed by atoms with E-state index >= 15 is 0 Å². The smallest absolute Gasteiger partial charge is 0.224 e. The Bertz CT molecular complexity index is 704. The highest BCUT2D eigenvalue weighted by atomic mass is 35.5. The number of nitrogens with one attached hydrogen (secondary N) is 2. The van der Waals surface area contributed by atoms with Crippen LogP contribution >= 0.6 is 36.2 Å². The summed E-state index contributed by atoms with van der Waals surface area (Å²) in [7, 11) is 0. The van der Waals surface area contributed by atoms with Gasteiger partial charge in [0.25, 0.3) is 0 Å². The largest absolute Gasteiger partial charge is 0.349 e. The predicted molar refractivity (Wildman–Crippen MR) is 104 cm³/mol. The summed E-state index contributed by atoms with van der Waals surface area (Å²) in [5.74, 6) is 0.414. The molecule has 136 valence electrons. The van der Waals surface area contributed by atoms with E-state index in [0.717, 1.165) is 48.6 Å². The van der Waals surface area contributed by atoms with Gasteiger partial charge in [0.1, 0.15) is 5.01 Å². The maximum absolute atomic E-state index is 12.4. The topological polar surface area (TPSA) is 66.9 Å². The minimum absolute atomic E-state index is 0. The Morgan fingerprint density at radius 1 is 1.28 bits per heavy atom. The van der Waals surface area contributed by atoms with Crippen molar-refractivity contribution in [3.05, 3.63) is 34.9 Å². The lowest BCUT2D eigenvalue weighted by molar-refractivity contribution is -0.123. The molecular formula is C17H22Cl2N4OS. The molecule has 0 aromatic carbocycles. The number of aromatic nitrogens is 2. The Morgan fingerprint density at radius 2 is 2.00 bits per heavy atom. The zero-order valence-corrected chi connectivity index (χ0v) is 16.2. The first-order chi connectivity index (χ1) is 11.3. The number of hydrogen-bond acceptors (Lipinski definition) is 5. The lowest BCUT2D eigenvalue weighted by Crippen LogP contribution is -2.33. The lowest BCUT2D eigenvalue weighted by atomic mass is 9.92. The van der Waals surface area contributed by atoms with E-state index in [1.165, 1.54) is 0 Å². The molecule has 2 aromatic heterocycles. The molecule has 1 spiro atoms.